The fraction of sp³-hybridized carbons (Fsp3) is 0.111. The second-order valence-electron chi connectivity index (χ2n) is 5.20. The highest BCUT2D eigenvalue weighted by Crippen LogP contribution is 2.41. The summed E-state index contributed by atoms with van der Waals surface area (Å²) in [7, 11) is 1.57. The molecule has 0 unspecified atom stereocenters. The molecule has 26 heavy (non-hydrogen) atoms. The van der Waals surface area contributed by atoms with Crippen molar-refractivity contribution >= 4 is 22.7 Å². The summed E-state index contributed by atoms with van der Waals surface area (Å²) >= 11 is 0.905. The quantitative estimate of drug-likeness (QED) is 0.486. The summed E-state index contributed by atoms with van der Waals surface area (Å²) in [6, 6.07) is 15.4. The van der Waals surface area contributed by atoms with Crippen molar-refractivity contribution in [3.05, 3.63) is 65.9 Å². The van der Waals surface area contributed by atoms with Crippen molar-refractivity contribution in [3.8, 4) is 16.2 Å². The van der Waals surface area contributed by atoms with Gasteiger partial charge in [0.05, 0.1) is 18.2 Å². The Morgan fingerprint density at radius 2 is 1.77 bits per heavy atom. The van der Waals surface area contributed by atoms with Crippen LogP contribution in [0, 0.1) is 0 Å². The number of nitrogens with zero attached hydrogens (tertiary/aromatic N) is 2. The Morgan fingerprint density at radius 3 is 2.38 bits per heavy atom. The molecule has 0 saturated carbocycles. The minimum atomic E-state index is -4.54. The topological polar surface area (TPSA) is 46.5 Å². The molecule has 0 aliphatic carbocycles. The lowest BCUT2D eigenvalue weighted by Gasteiger charge is -2.05. The Balaban J connectivity index is 1.82. The van der Waals surface area contributed by atoms with E-state index in [2.05, 4.69) is 15.5 Å². The number of hydrogen-bond acceptors (Lipinski definition) is 5. The number of nitrogens with one attached hydrogen (secondary N) is 1. The van der Waals surface area contributed by atoms with Crippen molar-refractivity contribution in [1.29, 1.82) is 0 Å². The summed E-state index contributed by atoms with van der Waals surface area (Å²) in [5.74, 6) is 0.706. The van der Waals surface area contributed by atoms with E-state index in [4.69, 9.17) is 4.74 Å². The maximum atomic E-state index is 13.3. The predicted molar refractivity (Wildman–Crippen MR) is 96.8 cm³/mol. The molecule has 0 saturated heterocycles. The van der Waals surface area contributed by atoms with Crippen molar-refractivity contribution in [1.82, 2.24) is 4.98 Å². The third-order valence-corrected chi connectivity index (χ3v) is 4.43. The van der Waals surface area contributed by atoms with Crippen LogP contribution in [-0.2, 0) is 6.18 Å². The molecule has 0 bridgehead atoms. The number of benzene rings is 2. The van der Waals surface area contributed by atoms with Crippen LogP contribution in [0.1, 0.15) is 11.3 Å². The van der Waals surface area contributed by atoms with Gasteiger partial charge in [0.15, 0.2) is 5.69 Å². The first-order valence-electron chi connectivity index (χ1n) is 7.54. The van der Waals surface area contributed by atoms with E-state index in [1.807, 2.05) is 0 Å². The van der Waals surface area contributed by atoms with E-state index < -0.39 is 11.9 Å². The zero-order chi connectivity index (χ0) is 18.6. The second-order valence-corrected chi connectivity index (χ2v) is 6.20. The molecule has 1 aromatic heterocycles. The molecule has 0 spiro atoms. The number of hydrogen-bond donors (Lipinski definition) is 1. The number of anilines is 1. The SMILES string of the molecule is COc1ccc(C=NNc2nc(C(F)(F)F)c(-c3ccccc3)s2)cc1. The van der Waals surface area contributed by atoms with Gasteiger partial charge < -0.3 is 4.74 Å². The fourth-order valence-corrected chi connectivity index (χ4v) is 3.14. The lowest BCUT2D eigenvalue weighted by Crippen LogP contribution is -2.07. The summed E-state index contributed by atoms with van der Waals surface area (Å²) < 4.78 is 44.9. The Kier molecular flexibility index (Phi) is 5.22. The van der Waals surface area contributed by atoms with Crippen LogP contribution in [-0.4, -0.2) is 18.3 Å². The smallest absolute Gasteiger partial charge is 0.434 e. The van der Waals surface area contributed by atoms with E-state index in [0.29, 0.717) is 11.3 Å². The molecule has 0 aliphatic rings. The number of hydrazone groups is 1. The van der Waals surface area contributed by atoms with Crippen LogP contribution in [0.25, 0.3) is 10.4 Å². The van der Waals surface area contributed by atoms with Gasteiger partial charge >= 0.3 is 6.18 Å². The van der Waals surface area contributed by atoms with Crippen molar-refractivity contribution in [2.24, 2.45) is 5.10 Å². The van der Waals surface area contributed by atoms with Crippen molar-refractivity contribution in [2.75, 3.05) is 12.5 Å². The number of aromatic nitrogens is 1. The molecular weight excluding hydrogens is 363 g/mol. The van der Waals surface area contributed by atoms with Crippen LogP contribution < -0.4 is 10.2 Å². The van der Waals surface area contributed by atoms with Crippen LogP contribution in [0.4, 0.5) is 18.3 Å². The molecule has 8 heteroatoms. The van der Waals surface area contributed by atoms with Crippen LogP contribution >= 0.6 is 11.3 Å². The van der Waals surface area contributed by atoms with Gasteiger partial charge in [-0.2, -0.15) is 18.3 Å². The van der Waals surface area contributed by atoms with Crippen molar-refractivity contribution in [3.63, 3.8) is 0 Å². The van der Waals surface area contributed by atoms with E-state index in [0.717, 1.165) is 16.9 Å². The molecule has 0 fully saturated rings. The third kappa shape index (κ3) is 4.20. The average Bonchev–Trinajstić information content (AvgIpc) is 3.08. The average molecular weight is 377 g/mol. The summed E-state index contributed by atoms with van der Waals surface area (Å²) in [6.07, 6.45) is -3.04. The minimum absolute atomic E-state index is 0.0558. The van der Waals surface area contributed by atoms with Crippen LogP contribution in [0.3, 0.4) is 0 Å². The van der Waals surface area contributed by atoms with Gasteiger partial charge in [0.2, 0.25) is 5.13 Å². The first-order valence-corrected chi connectivity index (χ1v) is 8.35. The lowest BCUT2D eigenvalue weighted by molar-refractivity contribution is -0.140. The molecule has 0 aliphatic heterocycles. The molecule has 0 radical (unpaired) electrons. The van der Waals surface area contributed by atoms with Crippen LogP contribution in [0.15, 0.2) is 59.7 Å². The molecule has 134 valence electrons. The molecule has 0 amide bonds. The standard InChI is InChI=1S/C18H14F3N3OS/c1-25-14-9-7-12(8-10-14)11-22-24-17-23-16(18(19,20)21)15(26-17)13-5-3-2-4-6-13/h2-11H,1H3,(H,23,24). The minimum Gasteiger partial charge on any atom is -0.497 e. The lowest BCUT2D eigenvalue weighted by atomic mass is 10.1. The van der Waals surface area contributed by atoms with E-state index in [1.54, 1.807) is 61.7 Å². The maximum Gasteiger partial charge on any atom is 0.434 e. The number of rotatable bonds is 5. The number of thiazole rings is 1. The van der Waals surface area contributed by atoms with Crippen molar-refractivity contribution < 1.29 is 17.9 Å². The number of methoxy groups -OCH3 is 1. The first kappa shape index (κ1) is 17.9. The molecule has 2 aromatic carbocycles. The van der Waals surface area contributed by atoms with Crippen LogP contribution in [0.5, 0.6) is 5.75 Å². The summed E-state index contributed by atoms with van der Waals surface area (Å²) in [6.45, 7) is 0. The monoisotopic (exact) mass is 377 g/mol. The van der Waals surface area contributed by atoms with E-state index in [9.17, 15) is 13.2 Å². The summed E-state index contributed by atoms with van der Waals surface area (Å²) in [4.78, 5) is 3.72. The number of halogens is 3. The molecule has 1 heterocycles. The van der Waals surface area contributed by atoms with E-state index in [-0.39, 0.29) is 10.0 Å². The Morgan fingerprint density at radius 1 is 1.08 bits per heavy atom. The third-order valence-electron chi connectivity index (χ3n) is 3.42. The number of ether oxygens (including phenoxy) is 1. The zero-order valence-electron chi connectivity index (χ0n) is 13.6. The van der Waals surface area contributed by atoms with Gasteiger partial charge in [0.25, 0.3) is 0 Å². The van der Waals surface area contributed by atoms with E-state index in [1.165, 1.54) is 6.21 Å². The molecule has 3 rings (SSSR count). The first-order chi connectivity index (χ1) is 12.5. The van der Waals surface area contributed by atoms with Gasteiger partial charge in [-0.05, 0) is 35.4 Å². The molecule has 1 N–H and O–H groups in total. The molecule has 0 atom stereocenters. The van der Waals surface area contributed by atoms with E-state index >= 15 is 0 Å². The predicted octanol–water partition coefficient (Wildman–Crippen LogP) is 5.28. The highest BCUT2D eigenvalue weighted by atomic mass is 32.1. The molecule has 4 nitrogen and oxygen atoms in total. The summed E-state index contributed by atoms with van der Waals surface area (Å²) in [5, 5.41) is 4.03. The summed E-state index contributed by atoms with van der Waals surface area (Å²) in [5.41, 5.74) is 2.88. The van der Waals surface area contributed by atoms with Gasteiger partial charge in [0, 0.05) is 0 Å². The van der Waals surface area contributed by atoms with Gasteiger partial charge in [-0.3, -0.25) is 5.43 Å². The van der Waals surface area contributed by atoms with Crippen LogP contribution in [0.2, 0.25) is 0 Å². The number of alkyl halides is 3. The van der Waals surface area contributed by atoms with Gasteiger partial charge in [-0.15, -0.1) is 0 Å². The highest BCUT2D eigenvalue weighted by molar-refractivity contribution is 7.19. The van der Waals surface area contributed by atoms with Crippen molar-refractivity contribution in [2.45, 2.75) is 6.18 Å². The Bertz CT molecular complexity index is 890. The highest BCUT2D eigenvalue weighted by Gasteiger charge is 2.37. The Labute approximate surface area is 152 Å². The maximum absolute atomic E-state index is 13.3. The largest absolute Gasteiger partial charge is 0.497 e. The zero-order valence-corrected chi connectivity index (χ0v) is 14.4. The van der Waals surface area contributed by atoms with Gasteiger partial charge in [0.1, 0.15) is 5.75 Å². The fourth-order valence-electron chi connectivity index (χ4n) is 2.20. The Hall–Kier alpha value is -2.87. The van der Waals surface area contributed by atoms with Gasteiger partial charge in [-0.1, -0.05) is 41.7 Å². The molecule has 3 aromatic rings. The molecular formula is C18H14F3N3OS. The second kappa shape index (κ2) is 7.57. The normalized spacial score (nSPS) is 11.7. The van der Waals surface area contributed by atoms with Gasteiger partial charge in [-0.25, -0.2) is 4.98 Å².